The van der Waals surface area contributed by atoms with Crippen LogP contribution in [0.15, 0.2) is 65.2 Å². The van der Waals surface area contributed by atoms with Crippen molar-refractivity contribution in [1.82, 2.24) is 4.98 Å². The normalized spacial score (nSPS) is 23.9. The summed E-state index contributed by atoms with van der Waals surface area (Å²) in [6.07, 6.45) is 1.45. The third kappa shape index (κ3) is 2.84. The Morgan fingerprint density at radius 2 is 1.77 bits per heavy atom. The molecule has 5 aromatic rings. The van der Waals surface area contributed by atoms with E-state index in [4.69, 9.17) is 25.0 Å². The van der Waals surface area contributed by atoms with Crippen molar-refractivity contribution >= 4 is 22.1 Å². The molecule has 3 heteroatoms. The van der Waals surface area contributed by atoms with Crippen LogP contribution in [0.5, 0.6) is 0 Å². The van der Waals surface area contributed by atoms with Crippen molar-refractivity contribution in [3.63, 3.8) is 0 Å². The number of aryl methyl sites for hydroxylation is 3. The van der Waals surface area contributed by atoms with Crippen LogP contribution in [0.2, 0.25) is 0 Å². The lowest BCUT2D eigenvalue weighted by molar-refractivity contribution is -0.660. The number of hydrogen-bond acceptors (Lipinski definition) is 2. The molecule has 6 rings (SSSR count). The van der Waals surface area contributed by atoms with Gasteiger partial charge in [0.1, 0.15) is 7.05 Å². The molecule has 1 aliphatic carbocycles. The first-order valence-electron chi connectivity index (χ1n) is 19.5. The molecule has 0 aliphatic heterocycles. The van der Waals surface area contributed by atoms with Crippen molar-refractivity contribution in [1.29, 1.82) is 0 Å². The van der Waals surface area contributed by atoms with Gasteiger partial charge in [-0.3, -0.25) is 0 Å². The Kier molecular flexibility index (Phi) is 2.20. The molecule has 0 spiro atoms. The highest BCUT2D eigenvalue weighted by molar-refractivity contribution is 6.10. The summed E-state index contributed by atoms with van der Waals surface area (Å²) < 4.78 is 153. The van der Waals surface area contributed by atoms with Gasteiger partial charge in [0.05, 0.1) is 11.3 Å². The summed E-state index contributed by atoms with van der Waals surface area (Å²) in [5.41, 5.74) is -2.89. The van der Waals surface area contributed by atoms with Crippen LogP contribution < -0.4 is 4.57 Å². The number of rotatable bonds is 3. The van der Waals surface area contributed by atoms with Gasteiger partial charge in [0.2, 0.25) is 11.4 Å². The first-order valence-corrected chi connectivity index (χ1v) is 11.0. The monoisotopic (exact) mass is 478 g/mol. The van der Waals surface area contributed by atoms with Gasteiger partial charge in [0, 0.05) is 56.7 Å². The third-order valence-electron chi connectivity index (χ3n) is 6.96. The van der Waals surface area contributed by atoms with Gasteiger partial charge in [0.25, 0.3) is 0 Å². The number of hydrogen-bond donors (Lipinski definition) is 0. The van der Waals surface area contributed by atoms with Gasteiger partial charge in [-0.15, -0.1) is 0 Å². The molecule has 0 N–H and O–H groups in total. The molecule has 0 unspecified atom stereocenters. The minimum Gasteiger partial charge on any atom is -0.437 e. The van der Waals surface area contributed by atoms with E-state index in [-0.39, 0.29) is 28.0 Å². The molecule has 3 aromatic heterocycles. The Labute approximate surface area is 231 Å². The van der Waals surface area contributed by atoms with Gasteiger partial charge in [-0.1, -0.05) is 63.8 Å². The Balaban J connectivity index is 1.84. The van der Waals surface area contributed by atoms with E-state index in [2.05, 4.69) is 4.98 Å². The smallest absolute Gasteiger partial charge is 0.227 e. The fraction of sp³-hybridized carbons (Fsp3) is 0.312. The predicted molar refractivity (Wildman–Crippen MR) is 143 cm³/mol. The van der Waals surface area contributed by atoms with Gasteiger partial charge in [0.15, 0.2) is 11.8 Å². The number of benzene rings is 2. The van der Waals surface area contributed by atoms with Crippen LogP contribution in [0.3, 0.4) is 0 Å². The average Bonchev–Trinajstić information content (AvgIpc) is 3.50. The average molecular weight is 479 g/mol. The highest BCUT2D eigenvalue weighted by Crippen LogP contribution is 2.56. The predicted octanol–water partition coefficient (Wildman–Crippen LogP) is 7.67. The summed E-state index contributed by atoms with van der Waals surface area (Å²) in [5.74, 6) is -7.96. The van der Waals surface area contributed by atoms with E-state index in [1.54, 1.807) is 36.7 Å². The summed E-state index contributed by atoms with van der Waals surface area (Å²) in [6, 6.07) is 13.4. The van der Waals surface area contributed by atoms with Crippen LogP contribution in [0.1, 0.15) is 73.1 Å². The second kappa shape index (κ2) is 7.52. The van der Waals surface area contributed by atoms with Crippen molar-refractivity contribution in [2.45, 2.75) is 46.6 Å². The van der Waals surface area contributed by atoms with Crippen LogP contribution in [0.25, 0.3) is 44.5 Å². The van der Waals surface area contributed by atoms with E-state index in [0.29, 0.717) is 27.6 Å². The number of fused-ring (bicyclic) bond motifs is 6. The van der Waals surface area contributed by atoms with Crippen molar-refractivity contribution in [2.24, 2.45) is 18.8 Å². The van der Waals surface area contributed by atoms with Gasteiger partial charge < -0.3 is 4.42 Å². The molecular formula is C32H33N2O+. The van der Waals surface area contributed by atoms with Crippen LogP contribution >= 0.6 is 0 Å². The number of furan rings is 1. The van der Waals surface area contributed by atoms with Gasteiger partial charge >= 0.3 is 0 Å². The lowest BCUT2D eigenvalue weighted by Gasteiger charge is -2.39. The molecule has 176 valence electrons. The fourth-order valence-electron chi connectivity index (χ4n) is 5.34. The molecule has 1 aliphatic rings. The SMILES string of the molecule is [2H]C([2H])([2H])c1ccc(-c2c(C)ccc3c2oc2nc4c(cc23)-c2ccccc2C4(C([2H])(C([2H])([2H])[2H])C([2H])([2H])[2H])C([2H])(C([2H])([2H])[2H])C([2H])([2H])[2H])[n+](C)c1. The number of nitrogens with zero attached hydrogens (tertiary/aromatic N) is 2. The van der Waals surface area contributed by atoms with E-state index in [1.807, 2.05) is 0 Å². The molecule has 2 aromatic carbocycles. The van der Waals surface area contributed by atoms with Crippen LogP contribution in [0, 0.1) is 25.6 Å². The van der Waals surface area contributed by atoms with Crippen molar-refractivity contribution in [3.8, 4) is 22.4 Å². The quantitative estimate of drug-likeness (QED) is 0.249. The molecule has 0 atom stereocenters. The summed E-state index contributed by atoms with van der Waals surface area (Å²) in [5, 5.41) is 0.771. The molecule has 3 nitrogen and oxygen atoms in total. The first kappa shape index (κ1) is 10.3. The fourth-order valence-corrected chi connectivity index (χ4v) is 5.34. The maximum Gasteiger partial charge on any atom is 0.227 e. The molecule has 3 heterocycles. The molecule has 0 amide bonds. The van der Waals surface area contributed by atoms with E-state index < -0.39 is 62.7 Å². The summed E-state index contributed by atoms with van der Waals surface area (Å²) in [7, 11) is 1.65. The van der Waals surface area contributed by atoms with Crippen LogP contribution in [0.4, 0.5) is 0 Å². The van der Waals surface area contributed by atoms with Gasteiger partial charge in [-0.25, -0.2) is 9.55 Å². The summed E-state index contributed by atoms with van der Waals surface area (Å²) in [6.45, 7) is -16.3. The van der Waals surface area contributed by atoms with Crippen LogP contribution in [-0.4, -0.2) is 4.98 Å². The summed E-state index contributed by atoms with van der Waals surface area (Å²) >= 11 is 0. The Hall–Kier alpha value is -3.46. The highest BCUT2D eigenvalue weighted by atomic mass is 16.3. The minimum atomic E-state index is -3.98. The molecule has 0 bridgehead atoms. The zero-order valence-electron chi connectivity index (χ0n) is 36.1. The zero-order chi connectivity index (χ0) is 39.0. The molecular weight excluding hydrogens is 428 g/mol. The van der Waals surface area contributed by atoms with Gasteiger partial charge in [-0.2, -0.15) is 0 Å². The lowest BCUT2D eigenvalue weighted by Crippen LogP contribution is -2.38. The Bertz CT molecular complexity index is 2190. The topological polar surface area (TPSA) is 29.9 Å². The molecule has 35 heavy (non-hydrogen) atoms. The van der Waals surface area contributed by atoms with E-state index >= 15 is 0 Å². The second-order valence-corrected chi connectivity index (χ2v) is 8.93. The molecule has 0 saturated carbocycles. The standard InChI is InChI=1S/C32H33N2O/c1-18(2)32(19(3)4)26-11-9-8-10-22(26)24-16-25-23-14-13-21(6)28(27-15-12-20(5)17-34(27)7)29(23)35-31(25)33-30(24)32/h8-19H,1-7H3/q+1/i1D3,2D3,3D3,4D3,5D3,18D,19D. The lowest BCUT2D eigenvalue weighted by atomic mass is 9.64. The van der Waals surface area contributed by atoms with Crippen molar-refractivity contribution < 1.29 is 32.3 Å². The Morgan fingerprint density at radius 3 is 2.51 bits per heavy atom. The largest absolute Gasteiger partial charge is 0.437 e. The summed E-state index contributed by atoms with van der Waals surface area (Å²) in [4.78, 5) is 4.59. The maximum atomic E-state index is 9.56. The number of pyridine rings is 2. The molecule has 0 saturated heterocycles. The third-order valence-corrected chi connectivity index (χ3v) is 6.96. The molecule has 0 fully saturated rings. The van der Waals surface area contributed by atoms with E-state index in [9.17, 15) is 2.74 Å². The zero-order valence-corrected chi connectivity index (χ0v) is 19.1. The maximum absolute atomic E-state index is 9.56. The Morgan fingerprint density at radius 1 is 0.971 bits per heavy atom. The van der Waals surface area contributed by atoms with E-state index in [1.165, 1.54) is 36.5 Å². The van der Waals surface area contributed by atoms with Gasteiger partial charge in [-0.05, 0) is 54.4 Å². The molecule has 0 radical (unpaired) electrons. The van der Waals surface area contributed by atoms with E-state index in [0.717, 1.165) is 6.07 Å². The number of aromatic nitrogens is 2. The highest BCUT2D eigenvalue weighted by Gasteiger charge is 2.49. The first-order chi connectivity index (χ1) is 23.6. The van der Waals surface area contributed by atoms with Crippen molar-refractivity contribution in [2.75, 3.05) is 0 Å². The van der Waals surface area contributed by atoms with Crippen molar-refractivity contribution in [3.05, 3.63) is 83.2 Å². The minimum absolute atomic E-state index is 0.00971. The second-order valence-electron chi connectivity index (χ2n) is 8.93. The van der Waals surface area contributed by atoms with Crippen LogP contribution in [-0.2, 0) is 12.5 Å².